The third kappa shape index (κ3) is 3.91. The van der Waals surface area contributed by atoms with E-state index in [1.807, 2.05) is 4.90 Å². The van der Waals surface area contributed by atoms with Crippen LogP contribution >= 0.6 is 0 Å². The second-order valence-electron chi connectivity index (χ2n) is 3.76. The number of esters is 1. The van der Waals surface area contributed by atoms with Crippen LogP contribution in [0.2, 0.25) is 0 Å². The number of rotatable bonds is 3. The van der Waals surface area contributed by atoms with E-state index in [1.165, 1.54) is 19.6 Å². The van der Waals surface area contributed by atoms with Gasteiger partial charge in [0.15, 0.2) is 0 Å². The SMILES string of the molecule is COC(=O)/C=C/N1CCCCCC1CO. The zero-order valence-electron chi connectivity index (χ0n) is 9.19. The second kappa shape index (κ2) is 6.45. The second-order valence-corrected chi connectivity index (χ2v) is 3.76. The fourth-order valence-corrected chi connectivity index (χ4v) is 1.82. The summed E-state index contributed by atoms with van der Waals surface area (Å²) in [6, 6.07) is 0.147. The van der Waals surface area contributed by atoms with Gasteiger partial charge in [0.1, 0.15) is 0 Å². The number of methoxy groups -OCH3 is 1. The number of aliphatic hydroxyl groups excluding tert-OH is 1. The Bertz CT molecular complexity index is 228. The van der Waals surface area contributed by atoms with Gasteiger partial charge in [-0.2, -0.15) is 0 Å². The monoisotopic (exact) mass is 213 g/mol. The van der Waals surface area contributed by atoms with E-state index in [-0.39, 0.29) is 18.6 Å². The molecule has 86 valence electrons. The molecule has 15 heavy (non-hydrogen) atoms. The molecule has 0 amide bonds. The molecule has 1 aliphatic heterocycles. The highest BCUT2D eigenvalue weighted by molar-refractivity contribution is 5.81. The lowest BCUT2D eigenvalue weighted by atomic mass is 10.1. The quantitative estimate of drug-likeness (QED) is 0.559. The van der Waals surface area contributed by atoms with Crippen molar-refractivity contribution in [3.63, 3.8) is 0 Å². The molecule has 0 aromatic rings. The number of carbonyl (C=O) groups excluding carboxylic acids is 1. The molecular formula is C11H19NO3. The van der Waals surface area contributed by atoms with Crippen LogP contribution in [-0.2, 0) is 9.53 Å². The summed E-state index contributed by atoms with van der Waals surface area (Å²) in [6.07, 6.45) is 7.59. The molecular weight excluding hydrogens is 194 g/mol. The average molecular weight is 213 g/mol. The Balaban J connectivity index is 2.54. The van der Waals surface area contributed by atoms with E-state index in [2.05, 4.69) is 4.74 Å². The molecule has 4 nitrogen and oxygen atoms in total. The molecule has 0 aromatic heterocycles. The number of nitrogens with zero attached hydrogens (tertiary/aromatic N) is 1. The van der Waals surface area contributed by atoms with E-state index >= 15 is 0 Å². The van der Waals surface area contributed by atoms with Crippen LogP contribution in [0.4, 0.5) is 0 Å². The van der Waals surface area contributed by atoms with E-state index in [0.29, 0.717) is 0 Å². The van der Waals surface area contributed by atoms with Crippen LogP contribution in [0.1, 0.15) is 25.7 Å². The van der Waals surface area contributed by atoms with Gasteiger partial charge in [-0.3, -0.25) is 0 Å². The molecule has 1 aliphatic rings. The summed E-state index contributed by atoms with van der Waals surface area (Å²) >= 11 is 0. The Hall–Kier alpha value is -1.03. The Labute approximate surface area is 90.5 Å². The van der Waals surface area contributed by atoms with Crippen molar-refractivity contribution in [3.05, 3.63) is 12.3 Å². The minimum Gasteiger partial charge on any atom is -0.466 e. The number of likely N-dealkylation sites (tertiary alicyclic amines) is 1. The molecule has 0 aliphatic carbocycles. The summed E-state index contributed by atoms with van der Waals surface area (Å²) in [5.41, 5.74) is 0. The van der Waals surface area contributed by atoms with E-state index in [0.717, 1.165) is 25.8 Å². The van der Waals surface area contributed by atoms with Crippen molar-refractivity contribution in [3.8, 4) is 0 Å². The van der Waals surface area contributed by atoms with E-state index in [9.17, 15) is 9.90 Å². The van der Waals surface area contributed by atoms with Crippen LogP contribution in [0.25, 0.3) is 0 Å². The topological polar surface area (TPSA) is 49.8 Å². The van der Waals surface area contributed by atoms with Crippen LogP contribution in [0.15, 0.2) is 12.3 Å². The average Bonchev–Trinajstić information content (AvgIpc) is 2.50. The van der Waals surface area contributed by atoms with Crippen molar-refractivity contribution in [2.45, 2.75) is 31.7 Å². The van der Waals surface area contributed by atoms with E-state index in [1.54, 1.807) is 6.20 Å². The lowest BCUT2D eigenvalue weighted by Crippen LogP contribution is -2.33. The van der Waals surface area contributed by atoms with Crippen LogP contribution in [0.5, 0.6) is 0 Å². The predicted octanol–water partition coefficient (Wildman–Crippen LogP) is 0.910. The molecule has 1 atom stereocenters. The van der Waals surface area contributed by atoms with Gasteiger partial charge in [-0.1, -0.05) is 12.8 Å². The molecule has 0 spiro atoms. The molecule has 0 aromatic carbocycles. The zero-order chi connectivity index (χ0) is 11.1. The third-order valence-corrected chi connectivity index (χ3v) is 2.74. The van der Waals surface area contributed by atoms with Crippen molar-refractivity contribution in [2.75, 3.05) is 20.3 Å². The van der Waals surface area contributed by atoms with Gasteiger partial charge in [-0.05, 0) is 12.8 Å². The molecule has 1 saturated heterocycles. The van der Waals surface area contributed by atoms with Crippen LogP contribution in [0, 0.1) is 0 Å². The van der Waals surface area contributed by atoms with Gasteiger partial charge < -0.3 is 14.7 Å². The summed E-state index contributed by atoms with van der Waals surface area (Å²) in [4.78, 5) is 13.0. The van der Waals surface area contributed by atoms with Crippen LogP contribution in [0.3, 0.4) is 0 Å². The molecule has 1 heterocycles. The first-order chi connectivity index (χ1) is 7.27. The lowest BCUT2D eigenvalue weighted by Gasteiger charge is -2.26. The van der Waals surface area contributed by atoms with Gasteiger partial charge in [-0.15, -0.1) is 0 Å². The maximum Gasteiger partial charge on any atom is 0.331 e. The lowest BCUT2D eigenvalue weighted by molar-refractivity contribution is -0.134. The number of ether oxygens (including phenoxy) is 1. The summed E-state index contributed by atoms with van der Waals surface area (Å²) in [6.45, 7) is 1.05. The minimum absolute atomic E-state index is 0.144. The van der Waals surface area contributed by atoms with Crippen molar-refractivity contribution in [2.24, 2.45) is 0 Å². The number of hydrogen-bond acceptors (Lipinski definition) is 4. The molecule has 0 radical (unpaired) electrons. The molecule has 0 bridgehead atoms. The third-order valence-electron chi connectivity index (χ3n) is 2.74. The normalized spacial score (nSPS) is 22.8. The molecule has 1 rings (SSSR count). The first kappa shape index (κ1) is 12.0. The molecule has 1 N–H and O–H groups in total. The van der Waals surface area contributed by atoms with Gasteiger partial charge >= 0.3 is 5.97 Å². The molecule has 0 saturated carbocycles. The first-order valence-electron chi connectivity index (χ1n) is 5.40. The summed E-state index contributed by atoms with van der Waals surface area (Å²) in [5, 5.41) is 9.22. The maximum atomic E-state index is 10.9. The zero-order valence-corrected chi connectivity index (χ0v) is 9.19. The standard InChI is InChI=1S/C11H19NO3/c1-15-11(14)6-8-12-7-4-2-3-5-10(12)9-13/h6,8,10,13H,2-5,7,9H2,1H3/b8-6+. The maximum absolute atomic E-state index is 10.9. The molecule has 1 unspecified atom stereocenters. The van der Waals surface area contributed by atoms with Gasteiger partial charge in [-0.25, -0.2) is 4.79 Å². The first-order valence-corrected chi connectivity index (χ1v) is 5.40. The summed E-state index contributed by atoms with van der Waals surface area (Å²) < 4.78 is 4.53. The minimum atomic E-state index is -0.351. The fraction of sp³-hybridized carbons (Fsp3) is 0.727. The highest BCUT2D eigenvalue weighted by Crippen LogP contribution is 2.16. The van der Waals surface area contributed by atoms with Crippen LogP contribution < -0.4 is 0 Å². The number of carbonyl (C=O) groups is 1. The Morgan fingerprint density at radius 2 is 2.33 bits per heavy atom. The highest BCUT2D eigenvalue weighted by Gasteiger charge is 2.17. The predicted molar refractivity (Wildman–Crippen MR) is 57.2 cm³/mol. The van der Waals surface area contributed by atoms with Crippen molar-refractivity contribution < 1.29 is 14.6 Å². The largest absolute Gasteiger partial charge is 0.466 e. The van der Waals surface area contributed by atoms with Gasteiger partial charge in [0, 0.05) is 18.8 Å². The Morgan fingerprint density at radius 1 is 1.53 bits per heavy atom. The van der Waals surface area contributed by atoms with Gasteiger partial charge in [0.2, 0.25) is 0 Å². The van der Waals surface area contributed by atoms with Crippen molar-refractivity contribution >= 4 is 5.97 Å². The molecule has 4 heteroatoms. The Kier molecular flexibility index (Phi) is 5.18. The smallest absolute Gasteiger partial charge is 0.331 e. The number of hydrogen-bond donors (Lipinski definition) is 1. The van der Waals surface area contributed by atoms with Gasteiger partial charge in [0.25, 0.3) is 0 Å². The summed E-state index contributed by atoms with van der Waals surface area (Å²) in [5.74, 6) is -0.351. The van der Waals surface area contributed by atoms with Crippen molar-refractivity contribution in [1.29, 1.82) is 0 Å². The summed E-state index contributed by atoms with van der Waals surface area (Å²) in [7, 11) is 1.36. The molecule has 1 fully saturated rings. The van der Waals surface area contributed by atoms with E-state index in [4.69, 9.17) is 0 Å². The Morgan fingerprint density at radius 3 is 3.00 bits per heavy atom. The fourth-order valence-electron chi connectivity index (χ4n) is 1.82. The van der Waals surface area contributed by atoms with Gasteiger partial charge in [0.05, 0.1) is 19.8 Å². The number of aliphatic hydroxyl groups is 1. The van der Waals surface area contributed by atoms with Crippen LogP contribution in [-0.4, -0.2) is 42.3 Å². The van der Waals surface area contributed by atoms with Crippen molar-refractivity contribution in [1.82, 2.24) is 4.90 Å². The van der Waals surface area contributed by atoms with E-state index < -0.39 is 0 Å². The highest BCUT2D eigenvalue weighted by atomic mass is 16.5.